The minimum Gasteiger partial charge on any atom is -0.367 e. The number of primary amides is 1. The Labute approximate surface area is 117 Å². The van der Waals surface area contributed by atoms with Crippen molar-refractivity contribution in [1.82, 2.24) is 10.2 Å². The van der Waals surface area contributed by atoms with Gasteiger partial charge in [-0.15, -0.1) is 5.10 Å². The van der Waals surface area contributed by atoms with E-state index in [9.17, 15) is 10.1 Å². The Balaban J connectivity index is 2.01. The number of hydrogen-bond acceptors (Lipinski definition) is 6. The molecule has 0 radical (unpaired) electrons. The van der Waals surface area contributed by atoms with Gasteiger partial charge in [0.05, 0.1) is 11.8 Å². The van der Waals surface area contributed by atoms with Crippen molar-refractivity contribution in [2.45, 2.75) is 38.9 Å². The van der Waals surface area contributed by atoms with Gasteiger partial charge in [0.15, 0.2) is 5.82 Å². The molecule has 1 aromatic heterocycles. The number of carbonyl (C=O) groups is 1. The van der Waals surface area contributed by atoms with Crippen molar-refractivity contribution < 1.29 is 9.53 Å². The second kappa shape index (κ2) is 5.84. The molecule has 1 amide bonds. The van der Waals surface area contributed by atoms with Crippen LogP contribution < -0.4 is 11.1 Å². The first-order valence-corrected chi connectivity index (χ1v) is 6.45. The van der Waals surface area contributed by atoms with E-state index in [1.54, 1.807) is 0 Å². The Morgan fingerprint density at radius 2 is 2.25 bits per heavy atom. The van der Waals surface area contributed by atoms with Crippen LogP contribution in [0.15, 0.2) is 0 Å². The van der Waals surface area contributed by atoms with Gasteiger partial charge in [0.25, 0.3) is 0 Å². The molecule has 0 saturated carbocycles. The van der Waals surface area contributed by atoms with Gasteiger partial charge in [-0.2, -0.15) is 10.4 Å². The van der Waals surface area contributed by atoms with Gasteiger partial charge in [-0.1, -0.05) is 0 Å². The van der Waals surface area contributed by atoms with Crippen molar-refractivity contribution in [1.29, 1.82) is 5.26 Å². The standard InChI is InChI=1S/C13H17N5O2/c1-7-8(2)17-18-13(10(7)5-14)16-6-9-3-4-11(20-9)12(15)19/h9,11H,3-4,6H2,1-2H3,(H2,15,19)(H,16,18). The van der Waals surface area contributed by atoms with E-state index in [2.05, 4.69) is 21.6 Å². The highest BCUT2D eigenvalue weighted by Gasteiger charge is 2.29. The number of nitrogens with two attached hydrogens (primary N) is 1. The highest BCUT2D eigenvalue weighted by atomic mass is 16.5. The topological polar surface area (TPSA) is 114 Å². The summed E-state index contributed by atoms with van der Waals surface area (Å²) in [6, 6.07) is 2.13. The second-order valence-corrected chi connectivity index (χ2v) is 4.85. The fraction of sp³-hybridized carbons (Fsp3) is 0.538. The summed E-state index contributed by atoms with van der Waals surface area (Å²) in [5.41, 5.74) is 7.23. The van der Waals surface area contributed by atoms with Crippen molar-refractivity contribution in [2.24, 2.45) is 5.73 Å². The lowest BCUT2D eigenvalue weighted by Gasteiger charge is -2.14. The average Bonchev–Trinajstić information content (AvgIpc) is 2.89. The van der Waals surface area contributed by atoms with Gasteiger partial charge < -0.3 is 15.8 Å². The third-order valence-electron chi connectivity index (χ3n) is 3.49. The molecule has 1 fully saturated rings. The smallest absolute Gasteiger partial charge is 0.246 e. The lowest BCUT2D eigenvalue weighted by Crippen LogP contribution is -2.30. The van der Waals surface area contributed by atoms with Crippen molar-refractivity contribution in [3.63, 3.8) is 0 Å². The number of aromatic nitrogens is 2. The molecular weight excluding hydrogens is 258 g/mol. The van der Waals surface area contributed by atoms with Crippen LogP contribution >= 0.6 is 0 Å². The molecule has 20 heavy (non-hydrogen) atoms. The fourth-order valence-electron chi connectivity index (χ4n) is 2.14. The van der Waals surface area contributed by atoms with Gasteiger partial charge in [0.2, 0.25) is 5.91 Å². The van der Waals surface area contributed by atoms with Gasteiger partial charge in [0, 0.05) is 6.54 Å². The number of amides is 1. The van der Waals surface area contributed by atoms with Crippen LogP contribution in [0.1, 0.15) is 29.7 Å². The maximum atomic E-state index is 11.0. The fourth-order valence-corrected chi connectivity index (χ4v) is 2.14. The van der Waals surface area contributed by atoms with E-state index in [4.69, 9.17) is 10.5 Å². The molecule has 2 unspecified atom stereocenters. The molecule has 1 aliphatic rings. The van der Waals surface area contributed by atoms with Crippen LogP contribution in [0, 0.1) is 25.2 Å². The average molecular weight is 275 g/mol. The Kier molecular flexibility index (Phi) is 4.15. The summed E-state index contributed by atoms with van der Waals surface area (Å²) in [5, 5.41) is 20.2. The highest BCUT2D eigenvalue weighted by Crippen LogP contribution is 2.21. The summed E-state index contributed by atoms with van der Waals surface area (Å²) >= 11 is 0. The maximum Gasteiger partial charge on any atom is 0.246 e. The second-order valence-electron chi connectivity index (χ2n) is 4.85. The number of hydrogen-bond donors (Lipinski definition) is 2. The minimum absolute atomic E-state index is 0.109. The molecule has 1 saturated heterocycles. The van der Waals surface area contributed by atoms with Crippen molar-refractivity contribution in [3.8, 4) is 6.07 Å². The van der Waals surface area contributed by atoms with Gasteiger partial charge in [-0.3, -0.25) is 4.79 Å². The Bertz CT molecular complexity index is 567. The Morgan fingerprint density at radius 3 is 2.85 bits per heavy atom. The van der Waals surface area contributed by atoms with Crippen LogP contribution in [-0.2, 0) is 9.53 Å². The number of carbonyl (C=O) groups excluding carboxylic acids is 1. The number of ether oxygens (including phenoxy) is 1. The van der Waals surface area contributed by atoms with Crippen LogP contribution in [0.5, 0.6) is 0 Å². The summed E-state index contributed by atoms with van der Waals surface area (Å²) in [7, 11) is 0. The molecule has 0 bridgehead atoms. The quantitative estimate of drug-likeness (QED) is 0.822. The van der Waals surface area contributed by atoms with Gasteiger partial charge in [-0.25, -0.2) is 0 Å². The van der Waals surface area contributed by atoms with Crippen LogP contribution in [0.4, 0.5) is 5.82 Å². The Hall–Kier alpha value is -2.20. The van der Waals surface area contributed by atoms with E-state index < -0.39 is 12.0 Å². The molecule has 7 nitrogen and oxygen atoms in total. The molecule has 2 atom stereocenters. The summed E-state index contributed by atoms with van der Waals surface area (Å²) < 4.78 is 5.50. The first kappa shape index (κ1) is 14.2. The molecule has 1 aliphatic heterocycles. The number of anilines is 1. The summed E-state index contributed by atoms with van der Waals surface area (Å²) in [6.07, 6.45) is 0.761. The van der Waals surface area contributed by atoms with Crippen molar-refractivity contribution in [3.05, 3.63) is 16.8 Å². The third kappa shape index (κ3) is 2.86. The molecule has 7 heteroatoms. The Morgan fingerprint density at radius 1 is 1.50 bits per heavy atom. The molecule has 106 valence electrons. The van der Waals surface area contributed by atoms with Gasteiger partial charge in [0.1, 0.15) is 17.7 Å². The molecule has 0 spiro atoms. The normalized spacial score (nSPS) is 21.4. The molecule has 0 aromatic carbocycles. The summed E-state index contributed by atoms with van der Waals surface area (Å²) in [6.45, 7) is 4.11. The van der Waals surface area contributed by atoms with E-state index in [1.165, 1.54) is 0 Å². The number of rotatable bonds is 4. The summed E-state index contributed by atoms with van der Waals surface area (Å²) in [4.78, 5) is 11.0. The lowest BCUT2D eigenvalue weighted by molar-refractivity contribution is -0.128. The highest BCUT2D eigenvalue weighted by molar-refractivity contribution is 5.79. The molecule has 0 aliphatic carbocycles. The zero-order valence-corrected chi connectivity index (χ0v) is 11.5. The third-order valence-corrected chi connectivity index (χ3v) is 3.49. The zero-order chi connectivity index (χ0) is 14.7. The van der Waals surface area contributed by atoms with E-state index >= 15 is 0 Å². The lowest BCUT2D eigenvalue weighted by atomic mass is 10.1. The molecule has 2 rings (SSSR count). The molecular formula is C13H17N5O2. The van der Waals surface area contributed by atoms with Gasteiger partial charge >= 0.3 is 0 Å². The number of nitriles is 1. The number of nitrogens with zero attached hydrogens (tertiary/aromatic N) is 3. The minimum atomic E-state index is -0.511. The van der Waals surface area contributed by atoms with E-state index in [1.807, 2.05) is 13.8 Å². The largest absolute Gasteiger partial charge is 0.367 e. The van der Waals surface area contributed by atoms with E-state index in [0.717, 1.165) is 17.7 Å². The van der Waals surface area contributed by atoms with Crippen molar-refractivity contribution in [2.75, 3.05) is 11.9 Å². The summed E-state index contributed by atoms with van der Waals surface area (Å²) in [5.74, 6) is 0.0120. The van der Waals surface area contributed by atoms with E-state index in [0.29, 0.717) is 24.3 Å². The number of aryl methyl sites for hydroxylation is 1. The van der Waals surface area contributed by atoms with Crippen LogP contribution in [-0.4, -0.2) is 34.9 Å². The van der Waals surface area contributed by atoms with Crippen molar-refractivity contribution >= 4 is 11.7 Å². The van der Waals surface area contributed by atoms with Crippen LogP contribution in [0.2, 0.25) is 0 Å². The first-order chi connectivity index (χ1) is 9.52. The predicted molar refractivity (Wildman–Crippen MR) is 71.8 cm³/mol. The molecule has 3 N–H and O–H groups in total. The SMILES string of the molecule is Cc1nnc(NCC2CCC(C(N)=O)O2)c(C#N)c1C. The number of nitrogens with one attached hydrogen (secondary N) is 1. The monoisotopic (exact) mass is 275 g/mol. The molecule has 1 aromatic rings. The van der Waals surface area contributed by atoms with E-state index in [-0.39, 0.29) is 6.10 Å². The van der Waals surface area contributed by atoms with Crippen LogP contribution in [0.3, 0.4) is 0 Å². The first-order valence-electron chi connectivity index (χ1n) is 6.45. The zero-order valence-electron chi connectivity index (χ0n) is 11.5. The maximum absolute atomic E-state index is 11.0. The predicted octanol–water partition coefficient (Wildman–Crippen LogP) is 0.410. The molecule has 2 heterocycles. The van der Waals surface area contributed by atoms with Crippen LogP contribution in [0.25, 0.3) is 0 Å². The van der Waals surface area contributed by atoms with Gasteiger partial charge in [-0.05, 0) is 32.3 Å².